The summed E-state index contributed by atoms with van der Waals surface area (Å²) in [6.07, 6.45) is 4.78. The number of imide groups is 1. The van der Waals surface area contributed by atoms with E-state index in [2.05, 4.69) is 4.98 Å². The van der Waals surface area contributed by atoms with Crippen molar-refractivity contribution in [1.82, 2.24) is 9.88 Å². The Hall–Kier alpha value is -3.00. The van der Waals surface area contributed by atoms with Crippen molar-refractivity contribution in [2.45, 2.75) is 6.54 Å². The van der Waals surface area contributed by atoms with Gasteiger partial charge in [-0.1, -0.05) is 18.2 Å². The molecule has 0 spiro atoms. The molecule has 2 aromatic rings. The number of para-hydroxylation sites is 1. The minimum absolute atomic E-state index is 0.116. The number of carbonyl (C=O) groups is 2. The lowest BCUT2D eigenvalue weighted by Gasteiger charge is -2.12. The number of amides is 2. The van der Waals surface area contributed by atoms with Crippen LogP contribution in [0.1, 0.15) is 11.1 Å². The summed E-state index contributed by atoms with van der Waals surface area (Å²) < 4.78 is 0. The molecule has 1 aromatic heterocycles. The Bertz CT molecular complexity index is 851. The number of thioether (sulfide) groups is 1. The predicted octanol–water partition coefficient (Wildman–Crippen LogP) is 3.23. The zero-order chi connectivity index (χ0) is 17.1. The number of nitro groups is 1. The average Bonchev–Trinajstić information content (AvgIpc) is 2.84. The summed E-state index contributed by atoms with van der Waals surface area (Å²) in [5.41, 5.74) is 0.950. The zero-order valence-corrected chi connectivity index (χ0v) is 13.1. The first-order valence-corrected chi connectivity index (χ1v) is 7.75. The first-order chi connectivity index (χ1) is 11.6. The second-order valence-electron chi connectivity index (χ2n) is 4.93. The number of nitrogens with zero attached hydrogens (tertiary/aromatic N) is 3. The Balaban J connectivity index is 1.86. The number of pyridine rings is 1. The third-order valence-corrected chi connectivity index (χ3v) is 4.30. The molecular weight excluding hydrogens is 330 g/mol. The van der Waals surface area contributed by atoms with Crippen LogP contribution in [-0.2, 0) is 11.3 Å². The summed E-state index contributed by atoms with van der Waals surface area (Å²) in [6.45, 7) is -0.129. The van der Waals surface area contributed by atoms with Gasteiger partial charge in [0.15, 0.2) is 0 Å². The lowest BCUT2D eigenvalue weighted by atomic mass is 10.1. The van der Waals surface area contributed by atoms with E-state index < -0.39 is 16.1 Å². The van der Waals surface area contributed by atoms with E-state index in [9.17, 15) is 19.7 Å². The van der Waals surface area contributed by atoms with Crippen LogP contribution >= 0.6 is 11.8 Å². The summed E-state index contributed by atoms with van der Waals surface area (Å²) in [7, 11) is 0. The average molecular weight is 341 g/mol. The van der Waals surface area contributed by atoms with Crippen molar-refractivity contribution in [2.75, 3.05) is 0 Å². The Kier molecular flexibility index (Phi) is 4.39. The predicted molar refractivity (Wildman–Crippen MR) is 88.8 cm³/mol. The molecule has 7 nitrogen and oxygen atoms in total. The van der Waals surface area contributed by atoms with Gasteiger partial charge in [0.2, 0.25) is 0 Å². The van der Waals surface area contributed by atoms with Gasteiger partial charge in [0, 0.05) is 24.0 Å². The number of benzene rings is 1. The first-order valence-electron chi connectivity index (χ1n) is 6.94. The molecule has 0 bridgehead atoms. The largest absolute Gasteiger partial charge is 0.293 e. The van der Waals surface area contributed by atoms with Crippen LogP contribution in [0, 0.1) is 10.1 Å². The minimum atomic E-state index is -0.527. The van der Waals surface area contributed by atoms with Crippen molar-refractivity contribution in [2.24, 2.45) is 0 Å². The summed E-state index contributed by atoms with van der Waals surface area (Å²) in [5.74, 6) is -0.458. The molecule has 2 amide bonds. The molecule has 2 heterocycles. The van der Waals surface area contributed by atoms with Gasteiger partial charge in [0.1, 0.15) is 0 Å². The highest BCUT2D eigenvalue weighted by atomic mass is 32.2. The quantitative estimate of drug-likeness (QED) is 0.481. The lowest BCUT2D eigenvalue weighted by molar-refractivity contribution is -0.385. The molecule has 1 fully saturated rings. The number of hydrogen-bond donors (Lipinski definition) is 0. The number of nitro benzene ring substituents is 1. The third kappa shape index (κ3) is 3.18. The van der Waals surface area contributed by atoms with Crippen LogP contribution < -0.4 is 0 Å². The van der Waals surface area contributed by atoms with Gasteiger partial charge < -0.3 is 0 Å². The minimum Gasteiger partial charge on any atom is -0.268 e. The standard InChI is InChI=1S/C16H11N3O4S/c20-15-14(9-11-5-7-17-8-6-11)24-16(21)18(15)10-12-3-1-2-4-13(12)19(22)23/h1-9H,10H2/b14-9+. The summed E-state index contributed by atoms with van der Waals surface area (Å²) in [6, 6.07) is 9.49. The second kappa shape index (κ2) is 6.63. The maximum absolute atomic E-state index is 12.4. The molecule has 24 heavy (non-hydrogen) atoms. The van der Waals surface area contributed by atoms with E-state index in [-0.39, 0.29) is 17.1 Å². The zero-order valence-electron chi connectivity index (χ0n) is 12.3. The van der Waals surface area contributed by atoms with Gasteiger partial charge in [-0.3, -0.25) is 29.6 Å². The van der Waals surface area contributed by atoms with Crippen LogP contribution in [0.25, 0.3) is 6.08 Å². The van der Waals surface area contributed by atoms with Gasteiger partial charge in [0.25, 0.3) is 16.8 Å². The molecule has 0 unspecified atom stereocenters. The molecule has 3 rings (SSSR count). The normalized spacial score (nSPS) is 16.0. The van der Waals surface area contributed by atoms with Crippen LogP contribution in [0.2, 0.25) is 0 Å². The Labute approximate surface area is 141 Å². The van der Waals surface area contributed by atoms with Crippen LogP contribution in [-0.4, -0.2) is 26.0 Å². The number of hydrogen-bond acceptors (Lipinski definition) is 6. The number of rotatable bonds is 4. The molecule has 1 aromatic carbocycles. The van der Waals surface area contributed by atoms with E-state index in [1.807, 2.05) is 0 Å². The van der Waals surface area contributed by atoms with Crippen molar-refractivity contribution in [1.29, 1.82) is 0 Å². The van der Waals surface area contributed by atoms with Gasteiger partial charge in [-0.15, -0.1) is 0 Å². The molecule has 120 valence electrons. The van der Waals surface area contributed by atoms with Gasteiger partial charge in [-0.25, -0.2) is 0 Å². The molecule has 0 saturated carbocycles. The van der Waals surface area contributed by atoms with Crippen LogP contribution in [0.5, 0.6) is 0 Å². The van der Waals surface area contributed by atoms with E-state index in [1.54, 1.807) is 42.7 Å². The van der Waals surface area contributed by atoms with Gasteiger partial charge in [-0.2, -0.15) is 0 Å². The molecule has 8 heteroatoms. The SMILES string of the molecule is O=C1S/C(=C/c2ccncc2)C(=O)N1Cc1ccccc1[N+](=O)[O-]. The van der Waals surface area contributed by atoms with E-state index in [0.29, 0.717) is 5.56 Å². The molecule has 1 aliphatic heterocycles. The molecular formula is C16H11N3O4S. The fourth-order valence-corrected chi connectivity index (χ4v) is 3.08. The maximum Gasteiger partial charge on any atom is 0.293 e. The summed E-state index contributed by atoms with van der Waals surface area (Å²) in [4.78, 5) is 40.3. The highest BCUT2D eigenvalue weighted by Crippen LogP contribution is 2.34. The van der Waals surface area contributed by atoms with Gasteiger partial charge in [0.05, 0.1) is 16.4 Å². The van der Waals surface area contributed by atoms with E-state index >= 15 is 0 Å². The van der Waals surface area contributed by atoms with E-state index in [0.717, 1.165) is 22.2 Å². The van der Waals surface area contributed by atoms with Crippen molar-refractivity contribution < 1.29 is 14.5 Å². The summed E-state index contributed by atoms with van der Waals surface area (Å²) in [5, 5.41) is 10.6. The molecule has 0 aliphatic carbocycles. The van der Waals surface area contributed by atoms with Crippen LogP contribution in [0.4, 0.5) is 10.5 Å². The smallest absolute Gasteiger partial charge is 0.268 e. The molecule has 0 N–H and O–H groups in total. The van der Waals surface area contributed by atoms with Gasteiger partial charge >= 0.3 is 0 Å². The molecule has 1 aliphatic rings. The Morgan fingerprint density at radius 1 is 1.17 bits per heavy atom. The number of carbonyl (C=O) groups excluding carboxylic acids is 2. The van der Waals surface area contributed by atoms with Crippen molar-refractivity contribution in [3.63, 3.8) is 0 Å². The van der Waals surface area contributed by atoms with E-state index in [4.69, 9.17) is 0 Å². The first kappa shape index (κ1) is 15.9. The maximum atomic E-state index is 12.4. The fraction of sp³-hybridized carbons (Fsp3) is 0.0625. The highest BCUT2D eigenvalue weighted by molar-refractivity contribution is 8.18. The van der Waals surface area contributed by atoms with Crippen LogP contribution in [0.15, 0.2) is 53.7 Å². The van der Waals surface area contributed by atoms with Gasteiger partial charge in [-0.05, 0) is 35.5 Å². The Morgan fingerprint density at radius 2 is 1.88 bits per heavy atom. The Morgan fingerprint density at radius 3 is 2.58 bits per heavy atom. The second-order valence-corrected chi connectivity index (χ2v) is 5.93. The van der Waals surface area contributed by atoms with Crippen molar-refractivity contribution in [3.05, 3.63) is 74.9 Å². The van der Waals surface area contributed by atoms with Crippen LogP contribution in [0.3, 0.4) is 0 Å². The summed E-state index contributed by atoms with van der Waals surface area (Å²) >= 11 is 0.818. The lowest BCUT2D eigenvalue weighted by Crippen LogP contribution is -2.27. The van der Waals surface area contributed by atoms with Crippen molar-refractivity contribution in [3.8, 4) is 0 Å². The molecule has 0 atom stereocenters. The van der Waals surface area contributed by atoms with E-state index in [1.165, 1.54) is 12.1 Å². The topological polar surface area (TPSA) is 93.4 Å². The number of aromatic nitrogens is 1. The monoisotopic (exact) mass is 341 g/mol. The van der Waals surface area contributed by atoms with Crippen molar-refractivity contribution >= 4 is 34.7 Å². The highest BCUT2D eigenvalue weighted by Gasteiger charge is 2.36. The molecule has 1 saturated heterocycles. The third-order valence-electron chi connectivity index (χ3n) is 3.39. The fourth-order valence-electron chi connectivity index (χ4n) is 2.24. The molecule has 0 radical (unpaired) electrons.